The molecule has 0 aliphatic carbocycles. The molecule has 202 valence electrons. The average molecular weight is 547 g/mol. The van der Waals surface area contributed by atoms with Gasteiger partial charge in [0.2, 0.25) is 0 Å². The Kier molecular flexibility index (Phi) is 6.29. The number of hydrogen-bond acceptors (Lipinski definition) is 7. The minimum atomic E-state index is -0.493. The first-order valence-electron chi connectivity index (χ1n) is 13.9. The maximum absolute atomic E-state index is 16.5. The molecule has 3 aliphatic rings. The van der Waals surface area contributed by atoms with E-state index in [1.165, 1.54) is 12.8 Å². The number of halogens is 2. The van der Waals surface area contributed by atoms with Crippen molar-refractivity contribution in [3.63, 3.8) is 0 Å². The summed E-state index contributed by atoms with van der Waals surface area (Å²) >= 11 is 6.58. The quantitative estimate of drug-likeness (QED) is 0.345. The fourth-order valence-electron chi connectivity index (χ4n) is 6.84. The average Bonchev–Trinajstić information content (AvgIpc) is 3.70. The number of fused-ring (bicyclic) bond motifs is 3. The van der Waals surface area contributed by atoms with Crippen molar-refractivity contribution in [3.05, 3.63) is 53.4 Å². The van der Waals surface area contributed by atoms with Gasteiger partial charge in [0.15, 0.2) is 5.82 Å². The highest BCUT2D eigenvalue weighted by molar-refractivity contribution is 6.36. The van der Waals surface area contributed by atoms with Crippen LogP contribution in [0.25, 0.3) is 32.9 Å². The Morgan fingerprint density at radius 3 is 2.72 bits per heavy atom. The van der Waals surface area contributed by atoms with Gasteiger partial charge in [0.1, 0.15) is 23.6 Å². The van der Waals surface area contributed by atoms with Gasteiger partial charge in [0.25, 0.3) is 0 Å². The molecule has 2 aromatic heterocycles. The van der Waals surface area contributed by atoms with Crippen LogP contribution in [0.4, 0.5) is 10.2 Å². The summed E-state index contributed by atoms with van der Waals surface area (Å²) < 4.78 is 22.8. The monoisotopic (exact) mass is 546 g/mol. The van der Waals surface area contributed by atoms with E-state index in [0.29, 0.717) is 28.4 Å². The summed E-state index contributed by atoms with van der Waals surface area (Å²) in [5, 5.41) is 6.25. The number of aromatic nitrogens is 3. The molecule has 1 atom stereocenters. The molecule has 9 heteroatoms. The molecule has 0 radical (unpaired) electrons. The minimum Gasteiger partial charge on any atom is -0.461 e. The third kappa shape index (κ3) is 4.20. The van der Waals surface area contributed by atoms with E-state index in [2.05, 4.69) is 25.1 Å². The standard InChI is InChI=1S/C30H32ClFN6O/c1-37(20-10-13-33-16-20)28-22-17-34-26(21-8-2-6-19-7-3-9-23(31)24(19)21)25(32)27(22)35-29(36-28)39-18-30-11-4-14-38(30)15-5-12-30/h2-3,6-9,17,20,33H,4-5,10-16,18H2,1H3. The first-order chi connectivity index (χ1) is 19.0. The van der Waals surface area contributed by atoms with Crippen molar-refractivity contribution in [1.82, 2.24) is 25.2 Å². The van der Waals surface area contributed by atoms with E-state index >= 15 is 4.39 Å². The maximum atomic E-state index is 16.5. The van der Waals surface area contributed by atoms with Crippen LogP contribution < -0.4 is 15.0 Å². The summed E-state index contributed by atoms with van der Waals surface area (Å²) in [7, 11) is 2.01. The zero-order valence-electron chi connectivity index (χ0n) is 22.1. The number of likely N-dealkylation sites (N-methyl/N-ethyl adjacent to an activating group) is 1. The lowest BCUT2D eigenvalue weighted by Crippen LogP contribution is -2.43. The van der Waals surface area contributed by atoms with Crippen LogP contribution in [0.1, 0.15) is 32.1 Å². The van der Waals surface area contributed by atoms with Gasteiger partial charge in [-0.1, -0.05) is 41.9 Å². The Balaban J connectivity index is 1.35. The van der Waals surface area contributed by atoms with Crippen molar-refractivity contribution in [2.24, 2.45) is 0 Å². The number of ether oxygens (including phenoxy) is 1. The second-order valence-corrected chi connectivity index (χ2v) is 11.5. The number of rotatable bonds is 6. The fourth-order valence-corrected chi connectivity index (χ4v) is 7.12. The van der Waals surface area contributed by atoms with E-state index in [1.807, 2.05) is 43.4 Å². The van der Waals surface area contributed by atoms with Gasteiger partial charge in [-0.3, -0.25) is 9.88 Å². The third-order valence-corrected chi connectivity index (χ3v) is 9.26. The smallest absolute Gasteiger partial charge is 0.319 e. The fraction of sp³-hybridized carbons (Fsp3) is 0.433. The number of nitrogens with one attached hydrogen (secondary N) is 1. The molecule has 3 aliphatic heterocycles. The van der Waals surface area contributed by atoms with Crippen molar-refractivity contribution in [2.75, 3.05) is 44.7 Å². The van der Waals surface area contributed by atoms with E-state index in [-0.39, 0.29) is 28.8 Å². The summed E-state index contributed by atoms with van der Waals surface area (Å²) in [6, 6.07) is 11.9. The van der Waals surface area contributed by atoms with Crippen molar-refractivity contribution >= 4 is 39.1 Å². The molecule has 0 spiro atoms. The molecule has 3 saturated heterocycles. The first-order valence-corrected chi connectivity index (χ1v) is 14.3. The van der Waals surface area contributed by atoms with Crippen LogP contribution in [-0.2, 0) is 0 Å². The van der Waals surface area contributed by atoms with E-state index in [0.717, 1.165) is 56.2 Å². The van der Waals surface area contributed by atoms with Gasteiger partial charge < -0.3 is 15.0 Å². The van der Waals surface area contributed by atoms with Gasteiger partial charge in [0.05, 0.1) is 10.9 Å². The number of benzene rings is 2. The molecule has 2 aromatic carbocycles. The van der Waals surface area contributed by atoms with Crippen LogP contribution in [0.3, 0.4) is 0 Å². The number of hydrogen-bond donors (Lipinski definition) is 1. The number of pyridine rings is 1. The van der Waals surface area contributed by atoms with Gasteiger partial charge in [-0.2, -0.15) is 9.97 Å². The topological polar surface area (TPSA) is 66.4 Å². The van der Waals surface area contributed by atoms with Crippen LogP contribution >= 0.6 is 11.6 Å². The summed E-state index contributed by atoms with van der Waals surface area (Å²) in [5.41, 5.74) is 1.12. The largest absolute Gasteiger partial charge is 0.461 e. The first kappa shape index (κ1) is 24.9. The van der Waals surface area contributed by atoms with E-state index in [9.17, 15) is 0 Å². The third-order valence-electron chi connectivity index (χ3n) is 8.95. The van der Waals surface area contributed by atoms with Crippen LogP contribution in [0.15, 0.2) is 42.6 Å². The molecular formula is C30H32ClFN6O. The predicted molar refractivity (Wildman–Crippen MR) is 153 cm³/mol. The number of anilines is 1. The van der Waals surface area contributed by atoms with E-state index in [1.54, 1.807) is 6.20 Å². The highest BCUT2D eigenvalue weighted by Crippen LogP contribution is 2.40. The summed E-state index contributed by atoms with van der Waals surface area (Å²) in [4.78, 5) is 18.8. The summed E-state index contributed by atoms with van der Waals surface area (Å²) in [6.07, 6.45) is 7.27. The Bertz CT molecular complexity index is 1540. The Hall–Kier alpha value is -3.07. The van der Waals surface area contributed by atoms with E-state index < -0.39 is 5.82 Å². The highest BCUT2D eigenvalue weighted by atomic mass is 35.5. The normalized spacial score (nSPS) is 20.6. The molecule has 1 N–H and O–H groups in total. The lowest BCUT2D eigenvalue weighted by molar-refractivity contribution is 0.108. The molecular weight excluding hydrogens is 515 g/mol. The van der Waals surface area contributed by atoms with Crippen molar-refractivity contribution in [2.45, 2.75) is 43.7 Å². The second-order valence-electron chi connectivity index (χ2n) is 11.1. The molecule has 0 bridgehead atoms. The Morgan fingerprint density at radius 1 is 1.15 bits per heavy atom. The molecule has 0 amide bonds. The zero-order valence-corrected chi connectivity index (χ0v) is 22.8. The van der Waals surface area contributed by atoms with Gasteiger partial charge in [-0.05, 0) is 63.2 Å². The molecule has 1 unspecified atom stereocenters. The summed E-state index contributed by atoms with van der Waals surface area (Å²) in [6.45, 7) is 4.53. The lowest BCUT2D eigenvalue weighted by atomic mass is 9.95. The van der Waals surface area contributed by atoms with Gasteiger partial charge in [-0.15, -0.1) is 0 Å². The maximum Gasteiger partial charge on any atom is 0.319 e. The van der Waals surface area contributed by atoms with Crippen LogP contribution in [0, 0.1) is 5.82 Å². The highest BCUT2D eigenvalue weighted by Gasteiger charge is 2.45. The lowest BCUT2D eigenvalue weighted by Gasteiger charge is -2.31. The molecule has 39 heavy (non-hydrogen) atoms. The predicted octanol–water partition coefficient (Wildman–Crippen LogP) is 5.44. The SMILES string of the molecule is CN(c1nc(OCC23CCCN2CCC3)nc2c(F)c(-c3cccc4cccc(Cl)c34)ncc12)C1CCNC1. The van der Waals surface area contributed by atoms with Crippen LogP contribution in [-0.4, -0.2) is 71.3 Å². The zero-order chi connectivity index (χ0) is 26.6. The molecule has 5 heterocycles. The van der Waals surface area contributed by atoms with Gasteiger partial charge >= 0.3 is 6.01 Å². The van der Waals surface area contributed by atoms with Crippen molar-refractivity contribution in [3.8, 4) is 17.3 Å². The minimum absolute atomic E-state index is 0.0431. The molecule has 0 saturated carbocycles. The van der Waals surface area contributed by atoms with Crippen LogP contribution in [0.2, 0.25) is 5.02 Å². The van der Waals surface area contributed by atoms with Gasteiger partial charge in [-0.25, -0.2) is 4.39 Å². The van der Waals surface area contributed by atoms with Crippen molar-refractivity contribution < 1.29 is 9.13 Å². The molecule has 3 fully saturated rings. The molecule has 7 nitrogen and oxygen atoms in total. The number of nitrogens with zero attached hydrogens (tertiary/aromatic N) is 5. The van der Waals surface area contributed by atoms with E-state index in [4.69, 9.17) is 21.3 Å². The molecule has 4 aromatic rings. The Morgan fingerprint density at radius 2 is 1.95 bits per heavy atom. The van der Waals surface area contributed by atoms with Crippen molar-refractivity contribution in [1.29, 1.82) is 0 Å². The van der Waals surface area contributed by atoms with Gasteiger partial charge in [0, 0.05) is 41.8 Å². The Labute approximate surface area is 232 Å². The second kappa shape index (κ2) is 9.84. The van der Waals surface area contributed by atoms with Crippen LogP contribution in [0.5, 0.6) is 6.01 Å². The molecule has 7 rings (SSSR count). The summed E-state index contributed by atoms with van der Waals surface area (Å²) in [5.74, 6) is 0.151.